The zero-order valence-corrected chi connectivity index (χ0v) is 19.6. The number of carbonyl (C=O) groups excluding carboxylic acids is 2. The normalized spacial score (nSPS) is 17.9. The number of aryl methyl sites for hydroxylation is 1. The molecule has 7 heteroatoms. The van der Waals surface area contributed by atoms with Gasteiger partial charge in [0.15, 0.2) is 0 Å². The minimum atomic E-state index is -0.688. The first kappa shape index (κ1) is 23.8. The highest BCUT2D eigenvalue weighted by Crippen LogP contribution is 2.40. The van der Waals surface area contributed by atoms with Gasteiger partial charge in [-0.25, -0.2) is 0 Å². The van der Waals surface area contributed by atoms with E-state index >= 15 is 0 Å². The molecule has 1 heterocycles. The van der Waals surface area contributed by atoms with E-state index in [4.69, 9.17) is 16.3 Å². The van der Waals surface area contributed by atoms with Crippen molar-refractivity contribution in [1.29, 1.82) is 0 Å². The van der Waals surface area contributed by atoms with Gasteiger partial charge in [-0.1, -0.05) is 41.4 Å². The van der Waals surface area contributed by atoms with Crippen LogP contribution in [0.4, 0.5) is 0 Å². The molecular formula is C25H29ClN2O4. The Bertz CT molecular complexity index is 1050. The number of rotatable bonds is 8. The Morgan fingerprint density at radius 3 is 2.59 bits per heavy atom. The second-order valence-electron chi connectivity index (χ2n) is 8.14. The molecule has 170 valence electrons. The van der Waals surface area contributed by atoms with Crippen LogP contribution >= 0.6 is 11.6 Å². The molecule has 0 spiro atoms. The van der Waals surface area contributed by atoms with Crippen LogP contribution in [0.3, 0.4) is 0 Å². The van der Waals surface area contributed by atoms with Gasteiger partial charge < -0.3 is 19.6 Å². The summed E-state index contributed by atoms with van der Waals surface area (Å²) in [4.78, 5) is 29.7. The molecule has 32 heavy (non-hydrogen) atoms. The van der Waals surface area contributed by atoms with Gasteiger partial charge in [0, 0.05) is 12.1 Å². The third-order valence-corrected chi connectivity index (χ3v) is 5.72. The molecule has 0 aromatic heterocycles. The first-order valence-electron chi connectivity index (χ1n) is 10.7. The van der Waals surface area contributed by atoms with Crippen LogP contribution in [0.1, 0.15) is 36.1 Å². The Morgan fingerprint density at radius 1 is 1.19 bits per heavy atom. The lowest BCUT2D eigenvalue weighted by atomic mass is 9.94. The highest BCUT2D eigenvalue weighted by Gasteiger charge is 2.45. The minimum absolute atomic E-state index is 0.0789. The van der Waals surface area contributed by atoms with Gasteiger partial charge in [0.25, 0.3) is 11.7 Å². The number of carbonyl (C=O) groups is 2. The van der Waals surface area contributed by atoms with Crippen LogP contribution < -0.4 is 4.74 Å². The first-order chi connectivity index (χ1) is 15.2. The van der Waals surface area contributed by atoms with Crippen molar-refractivity contribution in [2.75, 3.05) is 33.8 Å². The van der Waals surface area contributed by atoms with Gasteiger partial charge in [-0.05, 0) is 64.7 Å². The molecule has 3 rings (SSSR count). The van der Waals surface area contributed by atoms with Gasteiger partial charge in [-0.3, -0.25) is 9.59 Å². The zero-order valence-electron chi connectivity index (χ0n) is 18.9. The number of nitrogens with zero attached hydrogens (tertiary/aromatic N) is 2. The summed E-state index contributed by atoms with van der Waals surface area (Å²) in [6.07, 6.45) is 0.706. The molecular weight excluding hydrogens is 428 g/mol. The van der Waals surface area contributed by atoms with E-state index in [9.17, 15) is 14.7 Å². The highest BCUT2D eigenvalue weighted by atomic mass is 35.5. The topological polar surface area (TPSA) is 70.1 Å². The number of amides is 1. The van der Waals surface area contributed by atoms with Gasteiger partial charge in [-0.2, -0.15) is 0 Å². The Morgan fingerprint density at radius 2 is 1.94 bits per heavy atom. The molecule has 1 aliphatic rings. The second-order valence-corrected chi connectivity index (χ2v) is 8.55. The molecule has 0 saturated carbocycles. The molecule has 0 bridgehead atoms. The van der Waals surface area contributed by atoms with E-state index in [2.05, 4.69) is 0 Å². The maximum absolute atomic E-state index is 13.1. The van der Waals surface area contributed by atoms with Gasteiger partial charge in [0.2, 0.25) is 0 Å². The summed E-state index contributed by atoms with van der Waals surface area (Å²) in [7, 11) is 3.92. The van der Waals surface area contributed by atoms with Crippen molar-refractivity contribution < 1.29 is 19.4 Å². The molecule has 0 aliphatic carbocycles. The molecule has 1 aliphatic heterocycles. The van der Waals surface area contributed by atoms with E-state index < -0.39 is 17.7 Å². The monoisotopic (exact) mass is 456 g/mol. The number of likely N-dealkylation sites (tertiary alicyclic amines) is 1. The van der Waals surface area contributed by atoms with E-state index in [0.29, 0.717) is 35.9 Å². The van der Waals surface area contributed by atoms with Gasteiger partial charge >= 0.3 is 0 Å². The predicted octanol–water partition coefficient (Wildman–Crippen LogP) is 4.42. The van der Waals surface area contributed by atoms with Gasteiger partial charge in [-0.15, -0.1) is 0 Å². The number of ketones is 1. The highest BCUT2D eigenvalue weighted by molar-refractivity contribution is 6.46. The summed E-state index contributed by atoms with van der Waals surface area (Å²) in [6.45, 7) is 5.38. The van der Waals surface area contributed by atoms with Crippen molar-refractivity contribution in [3.05, 3.63) is 69.8 Å². The number of hydrogen-bond donors (Lipinski definition) is 1. The number of aliphatic hydroxyl groups excluding tert-OH is 1. The molecule has 1 atom stereocenters. The standard InChI is InChI=1S/C25H29ClN2O4/c1-5-32-20-15-18(10-11-19(20)26)23(29)21-22(17-9-6-8-16(2)14-17)28(25(31)24(21)30)13-7-12-27(3)4/h6,8-11,14-15,22,29H,5,7,12-13H2,1-4H3/b23-21-. The quantitative estimate of drug-likeness (QED) is 0.361. The Hall–Kier alpha value is -2.83. The molecule has 0 radical (unpaired) electrons. The van der Waals surface area contributed by atoms with E-state index in [1.807, 2.05) is 57.1 Å². The van der Waals surface area contributed by atoms with Crippen LogP contribution in [0.25, 0.3) is 5.76 Å². The molecule has 2 aromatic rings. The van der Waals surface area contributed by atoms with Crippen LogP contribution in [0, 0.1) is 6.92 Å². The van der Waals surface area contributed by atoms with E-state index in [1.165, 1.54) is 0 Å². The number of aliphatic hydroxyl groups is 1. The molecule has 1 saturated heterocycles. The lowest BCUT2D eigenvalue weighted by Crippen LogP contribution is -2.32. The van der Waals surface area contributed by atoms with Crippen LogP contribution in [0.15, 0.2) is 48.0 Å². The summed E-state index contributed by atoms with van der Waals surface area (Å²) in [5.74, 6) is -1.12. The molecule has 1 amide bonds. The van der Waals surface area contributed by atoms with Crippen LogP contribution in [-0.4, -0.2) is 60.4 Å². The Balaban J connectivity index is 2.11. The zero-order chi connectivity index (χ0) is 23.4. The van der Waals surface area contributed by atoms with Crippen molar-refractivity contribution in [2.24, 2.45) is 0 Å². The number of benzene rings is 2. The van der Waals surface area contributed by atoms with E-state index in [1.54, 1.807) is 23.1 Å². The third kappa shape index (κ3) is 4.97. The minimum Gasteiger partial charge on any atom is -0.507 e. The third-order valence-electron chi connectivity index (χ3n) is 5.41. The average Bonchev–Trinajstić information content (AvgIpc) is 3.00. The summed E-state index contributed by atoms with van der Waals surface area (Å²) in [6, 6.07) is 11.8. The molecule has 6 nitrogen and oxygen atoms in total. The van der Waals surface area contributed by atoms with Crippen LogP contribution in [-0.2, 0) is 9.59 Å². The number of ether oxygens (including phenoxy) is 1. The average molecular weight is 457 g/mol. The van der Waals surface area contributed by atoms with Crippen LogP contribution in [0.2, 0.25) is 5.02 Å². The fraction of sp³-hybridized carbons (Fsp3) is 0.360. The SMILES string of the molecule is CCOc1cc(/C(O)=C2/C(=O)C(=O)N(CCCN(C)C)C2c2cccc(C)c2)ccc1Cl. The van der Waals surface area contributed by atoms with Crippen molar-refractivity contribution >= 4 is 29.1 Å². The Kier molecular flexibility index (Phi) is 7.59. The number of Topliss-reactive ketones (excluding diaryl/α,β-unsaturated/α-hetero) is 1. The van der Waals surface area contributed by atoms with Gasteiger partial charge in [0.05, 0.1) is 23.2 Å². The number of halogens is 1. The first-order valence-corrected chi connectivity index (χ1v) is 11.0. The molecule has 1 unspecified atom stereocenters. The fourth-order valence-electron chi connectivity index (χ4n) is 3.93. The number of hydrogen-bond acceptors (Lipinski definition) is 5. The van der Waals surface area contributed by atoms with Crippen molar-refractivity contribution in [3.63, 3.8) is 0 Å². The van der Waals surface area contributed by atoms with Gasteiger partial charge in [0.1, 0.15) is 11.5 Å². The summed E-state index contributed by atoms with van der Waals surface area (Å²) in [5.41, 5.74) is 2.25. The molecule has 1 N–H and O–H groups in total. The van der Waals surface area contributed by atoms with Crippen molar-refractivity contribution in [3.8, 4) is 5.75 Å². The maximum atomic E-state index is 13.1. The predicted molar refractivity (Wildman–Crippen MR) is 126 cm³/mol. The van der Waals surface area contributed by atoms with E-state index in [0.717, 1.165) is 17.7 Å². The lowest BCUT2D eigenvalue weighted by Gasteiger charge is -2.26. The van der Waals surface area contributed by atoms with Crippen LogP contribution in [0.5, 0.6) is 5.75 Å². The summed E-state index contributed by atoms with van der Waals surface area (Å²) < 4.78 is 5.53. The van der Waals surface area contributed by atoms with Crippen molar-refractivity contribution in [2.45, 2.75) is 26.3 Å². The smallest absolute Gasteiger partial charge is 0.295 e. The molecule has 1 fully saturated rings. The summed E-state index contributed by atoms with van der Waals surface area (Å²) >= 11 is 6.18. The maximum Gasteiger partial charge on any atom is 0.295 e. The summed E-state index contributed by atoms with van der Waals surface area (Å²) in [5, 5.41) is 11.6. The second kappa shape index (κ2) is 10.2. The Labute approximate surface area is 194 Å². The lowest BCUT2D eigenvalue weighted by molar-refractivity contribution is -0.139. The van der Waals surface area contributed by atoms with Crippen molar-refractivity contribution in [1.82, 2.24) is 9.80 Å². The van der Waals surface area contributed by atoms with E-state index in [-0.39, 0.29) is 11.3 Å². The molecule has 2 aromatic carbocycles. The fourth-order valence-corrected chi connectivity index (χ4v) is 4.10. The largest absolute Gasteiger partial charge is 0.507 e.